The summed E-state index contributed by atoms with van der Waals surface area (Å²) in [4.78, 5) is 16.9. The zero-order chi connectivity index (χ0) is 23.2. The Morgan fingerprint density at radius 1 is 1.24 bits per heavy atom. The van der Waals surface area contributed by atoms with E-state index in [4.69, 9.17) is 19.6 Å². The largest absolute Gasteiger partial charge is 0.493 e. The molecule has 0 aromatic heterocycles. The molecule has 0 spiro atoms. The molecule has 0 atom stereocenters. The van der Waals surface area contributed by atoms with Gasteiger partial charge >= 0.3 is 0 Å². The van der Waals surface area contributed by atoms with E-state index in [1.165, 1.54) is 14.2 Å². The number of Topliss-reactive ketones (excluding diaryl/α,β-unsaturated/α-hetero) is 1. The predicted molar refractivity (Wildman–Crippen MR) is 131 cm³/mol. The van der Waals surface area contributed by atoms with Crippen LogP contribution in [0.2, 0.25) is 0 Å². The maximum Gasteiger partial charge on any atom is 0.197 e. The van der Waals surface area contributed by atoms with Gasteiger partial charge in [-0.25, -0.2) is 4.39 Å². The molecule has 2 aliphatic rings. The standard InChI is InChI=1S/C24H28FN3O4.BrH/c1-13(2)16-8-14(9-17-22(16)32-7-6-27(17)3)18(29)12-28-11-15-10-19(30-4)23(31-5)21(25)20(15)24(28)26;/h8-10,13,26H,6-7,11-12H2,1-5H3;1H. The molecule has 178 valence electrons. The Bertz CT molecular complexity index is 1090. The molecule has 2 aliphatic heterocycles. The third-order valence-corrected chi connectivity index (χ3v) is 6.07. The van der Waals surface area contributed by atoms with E-state index in [0.29, 0.717) is 17.7 Å². The fourth-order valence-corrected chi connectivity index (χ4v) is 4.29. The molecule has 0 saturated heterocycles. The van der Waals surface area contributed by atoms with E-state index >= 15 is 4.39 Å². The lowest BCUT2D eigenvalue weighted by Crippen LogP contribution is -2.32. The fraction of sp³-hybridized carbons (Fsp3) is 0.417. The Morgan fingerprint density at radius 3 is 2.61 bits per heavy atom. The molecular weight excluding hydrogens is 493 g/mol. The van der Waals surface area contributed by atoms with Crippen LogP contribution in [-0.4, -0.2) is 57.5 Å². The van der Waals surface area contributed by atoms with E-state index in [1.54, 1.807) is 11.0 Å². The summed E-state index contributed by atoms with van der Waals surface area (Å²) in [5.74, 6) is 0.433. The van der Waals surface area contributed by atoms with Crippen LogP contribution in [-0.2, 0) is 6.54 Å². The van der Waals surface area contributed by atoms with E-state index in [1.807, 2.05) is 19.2 Å². The second kappa shape index (κ2) is 9.59. The lowest BCUT2D eigenvalue weighted by atomic mass is 9.95. The van der Waals surface area contributed by atoms with Gasteiger partial charge in [-0.2, -0.15) is 0 Å². The van der Waals surface area contributed by atoms with Crippen molar-refractivity contribution in [1.82, 2.24) is 4.90 Å². The zero-order valence-electron chi connectivity index (χ0n) is 19.5. The van der Waals surface area contributed by atoms with Gasteiger partial charge in [-0.15, -0.1) is 17.0 Å². The number of benzene rings is 2. The summed E-state index contributed by atoms with van der Waals surface area (Å²) < 4.78 is 31.3. The van der Waals surface area contributed by atoms with Crippen molar-refractivity contribution in [1.29, 1.82) is 5.41 Å². The number of carbonyl (C=O) groups excluding carboxylic acids is 1. The van der Waals surface area contributed by atoms with Crippen molar-refractivity contribution in [3.63, 3.8) is 0 Å². The molecule has 0 bridgehead atoms. The Kier molecular flexibility index (Phi) is 7.21. The van der Waals surface area contributed by atoms with Crippen LogP contribution in [0.3, 0.4) is 0 Å². The molecule has 0 amide bonds. The normalized spacial score (nSPS) is 14.5. The molecule has 2 aromatic carbocycles. The van der Waals surface area contributed by atoms with Gasteiger partial charge < -0.3 is 24.0 Å². The molecule has 7 nitrogen and oxygen atoms in total. The highest BCUT2D eigenvalue weighted by Gasteiger charge is 2.33. The van der Waals surface area contributed by atoms with Crippen molar-refractivity contribution in [2.24, 2.45) is 0 Å². The number of carbonyl (C=O) groups is 1. The molecule has 0 fully saturated rings. The zero-order valence-corrected chi connectivity index (χ0v) is 21.2. The summed E-state index contributed by atoms with van der Waals surface area (Å²) >= 11 is 0. The average Bonchev–Trinajstić information content (AvgIpc) is 3.08. The minimum atomic E-state index is -0.642. The van der Waals surface area contributed by atoms with E-state index in [-0.39, 0.29) is 64.7 Å². The molecule has 2 heterocycles. The molecular formula is C24H29BrFN3O4. The quantitative estimate of drug-likeness (QED) is 0.568. The van der Waals surface area contributed by atoms with Gasteiger partial charge in [0, 0.05) is 19.2 Å². The Balaban J connectivity index is 0.00000306. The average molecular weight is 522 g/mol. The molecule has 2 aromatic rings. The Hall–Kier alpha value is -2.81. The van der Waals surface area contributed by atoms with Crippen molar-refractivity contribution < 1.29 is 23.4 Å². The van der Waals surface area contributed by atoms with Crippen LogP contribution >= 0.6 is 17.0 Å². The number of halogens is 2. The monoisotopic (exact) mass is 521 g/mol. The summed E-state index contributed by atoms with van der Waals surface area (Å²) in [7, 11) is 4.78. The highest BCUT2D eigenvalue weighted by molar-refractivity contribution is 8.93. The van der Waals surface area contributed by atoms with E-state index < -0.39 is 5.82 Å². The number of likely N-dealkylation sites (N-methyl/N-ethyl adjacent to an activating group) is 1. The van der Waals surface area contributed by atoms with E-state index in [0.717, 1.165) is 23.5 Å². The minimum absolute atomic E-state index is 0. The highest BCUT2D eigenvalue weighted by Crippen LogP contribution is 2.40. The molecule has 0 radical (unpaired) electrons. The third-order valence-electron chi connectivity index (χ3n) is 6.07. The van der Waals surface area contributed by atoms with Gasteiger partial charge in [0.05, 0.1) is 38.6 Å². The van der Waals surface area contributed by atoms with Crippen molar-refractivity contribution in [2.75, 3.05) is 45.9 Å². The number of rotatable bonds is 6. The third kappa shape index (κ3) is 4.26. The van der Waals surface area contributed by atoms with Crippen LogP contribution in [0.5, 0.6) is 17.2 Å². The molecule has 1 N–H and O–H groups in total. The molecule has 0 unspecified atom stereocenters. The lowest BCUT2D eigenvalue weighted by Gasteiger charge is -2.31. The molecule has 33 heavy (non-hydrogen) atoms. The van der Waals surface area contributed by atoms with Gasteiger partial charge in [-0.1, -0.05) is 13.8 Å². The van der Waals surface area contributed by atoms with Gasteiger partial charge in [-0.05, 0) is 35.2 Å². The summed E-state index contributed by atoms with van der Waals surface area (Å²) in [6.45, 7) is 5.71. The van der Waals surface area contributed by atoms with Crippen LogP contribution < -0.4 is 19.1 Å². The van der Waals surface area contributed by atoms with Crippen molar-refractivity contribution in [3.8, 4) is 17.2 Å². The van der Waals surface area contributed by atoms with Gasteiger partial charge in [0.2, 0.25) is 0 Å². The van der Waals surface area contributed by atoms with Crippen LogP contribution in [0, 0.1) is 11.2 Å². The maximum atomic E-state index is 15.0. The fourth-order valence-electron chi connectivity index (χ4n) is 4.29. The number of nitrogens with zero attached hydrogens (tertiary/aromatic N) is 2. The number of ether oxygens (including phenoxy) is 3. The summed E-state index contributed by atoms with van der Waals surface area (Å²) in [6, 6.07) is 5.39. The Labute approximate surface area is 203 Å². The first-order valence-electron chi connectivity index (χ1n) is 10.6. The smallest absolute Gasteiger partial charge is 0.197 e. The minimum Gasteiger partial charge on any atom is -0.493 e. The number of nitrogens with one attached hydrogen (secondary N) is 1. The molecule has 0 aliphatic carbocycles. The molecule has 0 saturated carbocycles. The number of ketones is 1. The van der Waals surface area contributed by atoms with Crippen molar-refractivity contribution in [3.05, 3.63) is 46.3 Å². The van der Waals surface area contributed by atoms with Crippen LogP contribution in [0.1, 0.15) is 46.8 Å². The van der Waals surface area contributed by atoms with Crippen LogP contribution in [0.25, 0.3) is 0 Å². The van der Waals surface area contributed by atoms with Gasteiger partial charge in [0.15, 0.2) is 23.1 Å². The van der Waals surface area contributed by atoms with Crippen molar-refractivity contribution >= 4 is 34.3 Å². The SMILES string of the molecule is Br.COc1cc2c(c(F)c1OC)C(=N)N(CC(=O)c1cc(C(C)C)c3c(c1)N(C)CCO3)C2. The lowest BCUT2D eigenvalue weighted by molar-refractivity contribution is 0.0962. The number of anilines is 1. The number of hydrogen-bond acceptors (Lipinski definition) is 6. The molecule has 9 heteroatoms. The first-order chi connectivity index (χ1) is 15.3. The highest BCUT2D eigenvalue weighted by atomic mass is 79.9. The molecule has 4 rings (SSSR count). The first kappa shape index (κ1) is 24.8. The Morgan fingerprint density at radius 2 is 1.97 bits per heavy atom. The number of fused-ring (bicyclic) bond motifs is 2. The second-order valence-electron chi connectivity index (χ2n) is 8.43. The maximum absolute atomic E-state index is 15.0. The van der Waals surface area contributed by atoms with Crippen LogP contribution in [0.15, 0.2) is 18.2 Å². The number of hydrogen-bond donors (Lipinski definition) is 1. The number of methoxy groups -OCH3 is 2. The summed E-state index contributed by atoms with van der Waals surface area (Å²) in [5.41, 5.74) is 3.18. The topological polar surface area (TPSA) is 75.1 Å². The van der Waals surface area contributed by atoms with Gasteiger partial charge in [0.25, 0.3) is 0 Å². The van der Waals surface area contributed by atoms with Gasteiger partial charge in [-0.3, -0.25) is 10.2 Å². The predicted octanol–water partition coefficient (Wildman–Crippen LogP) is 4.40. The van der Waals surface area contributed by atoms with Crippen molar-refractivity contribution in [2.45, 2.75) is 26.3 Å². The number of amidine groups is 1. The van der Waals surface area contributed by atoms with E-state index in [9.17, 15) is 4.79 Å². The van der Waals surface area contributed by atoms with E-state index in [2.05, 4.69) is 18.7 Å². The second-order valence-corrected chi connectivity index (χ2v) is 8.43. The van der Waals surface area contributed by atoms with Gasteiger partial charge in [0.1, 0.15) is 18.2 Å². The first-order valence-corrected chi connectivity index (χ1v) is 10.6. The van der Waals surface area contributed by atoms with Crippen LogP contribution in [0.4, 0.5) is 10.1 Å². The summed E-state index contributed by atoms with van der Waals surface area (Å²) in [5, 5.41) is 8.49. The summed E-state index contributed by atoms with van der Waals surface area (Å²) in [6.07, 6.45) is 0.